The third kappa shape index (κ3) is 32.8. The fourth-order valence-electron chi connectivity index (χ4n) is 15.0. The van der Waals surface area contributed by atoms with Crippen LogP contribution in [0.4, 0.5) is 0 Å². The molecule has 14 rings (SSSR count). The lowest BCUT2D eigenvalue weighted by Gasteiger charge is -2.42. The second-order valence-corrected chi connectivity index (χ2v) is 41.0. The monoisotopic (exact) mass is 1780 g/mol. The summed E-state index contributed by atoms with van der Waals surface area (Å²) in [6.45, 7) is 90.6. The Labute approximate surface area is 788 Å². The topological polar surface area (TPSA) is 106 Å². The van der Waals surface area contributed by atoms with Crippen LogP contribution in [0, 0.1) is 0 Å². The lowest BCUT2D eigenvalue weighted by Crippen LogP contribution is -2.55. The predicted octanol–water partition coefficient (Wildman–Crippen LogP) is 25.6. The van der Waals surface area contributed by atoms with E-state index in [9.17, 15) is 0 Å². The molecule has 0 radical (unpaired) electrons. The maximum absolute atomic E-state index is 5.77. The van der Waals surface area contributed by atoms with Crippen LogP contribution in [0.1, 0.15) is 419 Å². The molecule has 0 unspecified atom stereocenters. The number of aromatic nitrogens is 16. The molecule has 1 aliphatic heterocycles. The van der Waals surface area contributed by atoms with Crippen molar-refractivity contribution in [2.75, 3.05) is 13.1 Å². The Morgan fingerprint density at radius 1 is 0.354 bits per heavy atom. The second kappa shape index (κ2) is 52.9. The molecule has 18 heteroatoms. The van der Waals surface area contributed by atoms with Gasteiger partial charge in [0.1, 0.15) is 35.8 Å². The molecule has 0 saturated carbocycles. The molecule has 710 valence electrons. The first-order chi connectivity index (χ1) is 61.0. The minimum atomic E-state index is 0.331. The minimum absolute atomic E-state index is 0.331. The van der Waals surface area contributed by atoms with Crippen molar-refractivity contribution in [1.29, 1.82) is 0 Å². The quantitative estimate of drug-likeness (QED) is 0.0430. The third-order valence-corrected chi connectivity index (χ3v) is 24.1. The number of fused-ring (bicyclic) bond motifs is 4. The molecule has 0 bridgehead atoms. The SMILES string of the molecule is CC(C)[N+]1(C(C)C)CC=CC1.CC(C)c1cc[n+](C(C)C)cc1.CC(C)c1ccc2c[n+](C(C)C)cn2c1.CC(C)c1ccc[n+](C(C)C)c1.CC(C)c1cccc[n+]1C(C)C.CC(C)c1cnc[n+](C(C)C)c1.CC(C)c1nc2ccc[n+](C(C)C)c2o1.CC(C)n1cc[n+](C(C)C)c1.CC(C)n1ccc2c1ccc[n+]2C(C)C.CC(C)n1cnc2c1ccc[n+]2C(C)C. The standard InChI is InChI=1S/2C13H19N2.C12H18N3.C12H17N2O.3C11H18N.C10H17N2.C10H20N.C9H17N2/c1-10(2)12-5-6-13-8-14(11(3)4)9-15(13)7-12;1-10(2)14-8-5-6-12-13(14)7-9-15(12)11(3)4;1-9(2)14-7-5-6-11-12(14)13-8-15(11)10(3)4;1-8(2)11-13-10-6-5-7-14(9(3)4)12(10)15-11;1-9(2)11-5-7-12(8-6-11)10(3)4;1-9(2)11-6-5-7-12(8-11)10(3)4;1-9(2)11-7-5-6-8-12(11)10(3)4;1-8(2)10-5-11-7-12(6-10)9(3)4;1-9(2)11(10(3)4)7-5-6-8-11;1-8(2)10-5-6-11(7-10)9(3)4/h2*5-11H,1-4H3;5-10H,1-4H3;5-9H,1-4H3;3*5-10H,1-4H3;5-9H,1-4H3;5-6,9-10H,7-8H2,1-4H3;5-9H,1-4H3/q10*+1. The summed E-state index contributed by atoms with van der Waals surface area (Å²) in [5, 5.41) is 0. The van der Waals surface area contributed by atoms with Gasteiger partial charge in [0, 0.05) is 89.8 Å². The normalized spacial score (nSPS) is 12.4. The first-order valence-electron chi connectivity index (χ1n) is 49.2. The Balaban J connectivity index is 0.000000256. The molecular weight excluding hydrogens is 1600 g/mol. The Kier molecular flexibility index (Phi) is 45.0. The highest BCUT2D eigenvalue weighted by Gasteiger charge is 2.35. The molecule has 0 aromatic carbocycles. The number of nitrogens with zero attached hydrogens (tertiary/aromatic N) is 17. The predicted molar refractivity (Wildman–Crippen MR) is 541 cm³/mol. The van der Waals surface area contributed by atoms with Gasteiger partial charge in [0.2, 0.25) is 30.4 Å². The molecule has 0 atom stereocenters. The molecule has 0 amide bonds. The van der Waals surface area contributed by atoms with Crippen molar-refractivity contribution in [3.05, 3.63) is 261 Å². The highest BCUT2D eigenvalue weighted by Crippen LogP contribution is 2.26. The fraction of sp³-hybridized carbons (Fsp3) is 0.554. The van der Waals surface area contributed by atoms with Gasteiger partial charge in [-0.1, -0.05) is 100 Å². The molecule has 1 aliphatic rings. The summed E-state index contributed by atoms with van der Waals surface area (Å²) >= 11 is 0. The number of pyridine rings is 7. The number of oxazole rings is 1. The van der Waals surface area contributed by atoms with Crippen LogP contribution < -0.4 is 41.1 Å². The number of quaternary nitrogens is 1. The maximum atomic E-state index is 5.77. The van der Waals surface area contributed by atoms with Crippen molar-refractivity contribution in [3.8, 4) is 0 Å². The Morgan fingerprint density at radius 2 is 0.862 bits per heavy atom. The summed E-state index contributed by atoms with van der Waals surface area (Å²) in [4.78, 5) is 13.1. The van der Waals surface area contributed by atoms with E-state index in [0.717, 1.165) is 34.9 Å². The van der Waals surface area contributed by atoms with Crippen molar-refractivity contribution in [2.24, 2.45) is 0 Å². The van der Waals surface area contributed by atoms with E-state index >= 15 is 0 Å². The highest BCUT2D eigenvalue weighted by molar-refractivity contribution is 5.72. The van der Waals surface area contributed by atoms with E-state index in [4.69, 9.17) is 4.42 Å². The van der Waals surface area contributed by atoms with Gasteiger partial charge in [0.05, 0.1) is 74.0 Å². The summed E-state index contributed by atoms with van der Waals surface area (Å²) in [6.07, 6.45) is 44.7. The fourth-order valence-corrected chi connectivity index (χ4v) is 15.0. The third-order valence-electron chi connectivity index (χ3n) is 24.1. The van der Waals surface area contributed by atoms with Gasteiger partial charge in [-0.05, 0) is 282 Å². The summed E-state index contributed by atoms with van der Waals surface area (Å²) in [7, 11) is 0. The summed E-state index contributed by atoms with van der Waals surface area (Å²) in [5.41, 5.74) is 14.9. The molecule has 13 aromatic rings. The largest absolute Gasteiger partial charge is 0.401 e. The number of hydrogen-bond acceptors (Lipinski definition) is 4. The maximum Gasteiger partial charge on any atom is 0.401 e. The summed E-state index contributed by atoms with van der Waals surface area (Å²) < 4.78 is 35.9. The van der Waals surface area contributed by atoms with Gasteiger partial charge in [-0.15, -0.1) is 0 Å². The Morgan fingerprint density at radius 3 is 1.33 bits per heavy atom. The lowest BCUT2D eigenvalue weighted by molar-refractivity contribution is -0.952. The molecule has 13 aromatic heterocycles. The molecule has 0 fully saturated rings. The second-order valence-electron chi connectivity index (χ2n) is 41.0. The molecular formula is C112H181N17O+10. The average Bonchev–Trinajstić information content (AvgIpc) is 1.67. The van der Waals surface area contributed by atoms with Gasteiger partial charge >= 0.3 is 11.4 Å². The van der Waals surface area contributed by atoms with Crippen LogP contribution in [-0.2, 0) is 0 Å². The van der Waals surface area contributed by atoms with E-state index in [0.29, 0.717) is 108 Å². The van der Waals surface area contributed by atoms with Gasteiger partial charge in [-0.2, -0.15) is 9.13 Å². The zero-order chi connectivity index (χ0) is 97.5. The molecule has 18 nitrogen and oxygen atoms in total. The highest BCUT2D eigenvalue weighted by atomic mass is 16.4. The first kappa shape index (κ1) is 111. The molecule has 0 aliphatic carbocycles. The number of hydrogen-bond donors (Lipinski definition) is 0. The summed E-state index contributed by atoms with van der Waals surface area (Å²) in [5.74, 6) is 4.15. The lowest BCUT2D eigenvalue weighted by atomic mass is 10.1. The van der Waals surface area contributed by atoms with Gasteiger partial charge in [-0.3, -0.25) is 0 Å². The van der Waals surface area contributed by atoms with Gasteiger partial charge in [-0.25, -0.2) is 45.9 Å². The zero-order valence-corrected chi connectivity index (χ0v) is 88.8. The van der Waals surface area contributed by atoms with E-state index in [1.165, 1.54) is 67.6 Å². The average molecular weight is 1780 g/mol. The zero-order valence-electron chi connectivity index (χ0n) is 88.8. The first-order valence-corrected chi connectivity index (χ1v) is 49.2. The van der Waals surface area contributed by atoms with E-state index in [2.05, 4.69) is 541 Å². The van der Waals surface area contributed by atoms with Gasteiger partial charge in [0.25, 0.3) is 6.33 Å². The van der Waals surface area contributed by atoms with E-state index in [1.807, 2.05) is 37.2 Å². The van der Waals surface area contributed by atoms with Crippen LogP contribution in [0.5, 0.6) is 0 Å². The van der Waals surface area contributed by atoms with Crippen LogP contribution in [0.15, 0.2) is 232 Å². The van der Waals surface area contributed by atoms with E-state index < -0.39 is 0 Å². The number of rotatable bonds is 20. The van der Waals surface area contributed by atoms with Crippen LogP contribution in [0.2, 0.25) is 0 Å². The van der Waals surface area contributed by atoms with Crippen molar-refractivity contribution in [3.63, 3.8) is 0 Å². The minimum Gasteiger partial charge on any atom is -0.388 e. The van der Waals surface area contributed by atoms with E-state index in [-0.39, 0.29) is 0 Å². The van der Waals surface area contributed by atoms with Crippen molar-refractivity contribution >= 4 is 38.9 Å². The van der Waals surface area contributed by atoms with E-state index in [1.54, 1.807) is 0 Å². The van der Waals surface area contributed by atoms with Gasteiger partial charge < -0.3 is 18.0 Å². The van der Waals surface area contributed by atoms with Gasteiger partial charge in [0.15, 0.2) is 90.3 Å². The van der Waals surface area contributed by atoms with Crippen molar-refractivity contribution < 1.29 is 50.0 Å². The van der Waals surface area contributed by atoms with Crippen LogP contribution >= 0.6 is 0 Å². The van der Waals surface area contributed by atoms with Crippen LogP contribution in [-0.4, -0.2) is 62.7 Å². The molecule has 0 N–H and O–H groups in total. The van der Waals surface area contributed by atoms with Crippen molar-refractivity contribution in [1.82, 2.24) is 33.1 Å². The van der Waals surface area contributed by atoms with Crippen LogP contribution in [0.3, 0.4) is 0 Å². The Bertz CT molecular complexity index is 5110. The smallest absolute Gasteiger partial charge is 0.388 e. The Hall–Kier alpha value is -9.94. The molecule has 0 saturated heterocycles. The van der Waals surface area contributed by atoms with Crippen molar-refractivity contribution in [2.45, 2.75) is 397 Å². The van der Waals surface area contributed by atoms with Crippen LogP contribution in [0.25, 0.3) is 38.9 Å². The summed E-state index contributed by atoms with van der Waals surface area (Å²) in [6, 6.07) is 41.9. The number of imidazole rings is 3. The molecule has 130 heavy (non-hydrogen) atoms. The molecule has 14 heterocycles. The molecule has 0 spiro atoms.